The Bertz CT molecular complexity index is 1230. The van der Waals surface area contributed by atoms with Gasteiger partial charge in [-0.2, -0.15) is 0 Å². The van der Waals surface area contributed by atoms with Crippen LogP contribution in [0, 0.1) is 5.82 Å². The van der Waals surface area contributed by atoms with Crippen molar-refractivity contribution in [1.29, 1.82) is 0 Å². The Morgan fingerprint density at radius 1 is 1.20 bits per heavy atom. The lowest BCUT2D eigenvalue weighted by Crippen LogP contribution is -2.46. The van der Waals surface area contributed by atoms with Crippen molar-refractivity contribution in [3.8, 4) is 16.9 Å². The summed E-state index contributed by atoms with van der Waals surface area (Å²) in [6, 6.07) is 8.39. The predicted molar refractivity (Wildman–Crippen MR) is 133 cm³/mol. The summed E-state index contributed by atoms with van der Waals surface area (Å²) in [6.07, 6.45) is 4.53. The van der Waals surface area contributed by atoms with E-state index in [1.807, 2.05) is 17.0 Å². The second-order valence-electron chi connectivity index (χ2n) is 8.76. The molecule has 0 saturated carbocycles. The first-order chi connectivity index (χ1) is 17.1. The number of methoxy groups -OCH3 is 1. The monoisotopic (exact) mass is 479 g/mol. The van der Waals surface area contributed by atoms with E-state index in [-0.39, 0.29) is 11.8 Å². The standard InChI is InChI=1S/C26H30FN5O3/c1-34-24-3-2-19(27)16-21(24)20-4-7-28-25-22(20)17-23(30-25)18-5-9-32(10-6-18)26(33)29-8-11-31-12-14-35-15-13-31/h2-5,7,16-17H,6,8-15H2,1H3,(H,28,30)(H,29,33). The lowest BCUT2D eigenvalue weighted by molar-refractivity contribution is 0.0386. The van der Waals surface area contributed by atoms with Gasteiger partial charge in [0.25, 0.3) is 0 Å². The molecular formula is C26H30FN5O3. The van der Waals surface area contributed by atoms with Crippen LogP contribution in [-0.2, 0) is 4.74 Å². The number of ether oxygens (including phenoxy) is 2. The Kier molecular flexibility index (Phi) is 6.96. The molecule has 2 N–H and O–H groups in total. The Hall–Kier alpha value is -3.43. The van der Waals surface area contributed by atoms with Crippen LogP contribution in [0.3, 0.4) is 0 Å². The normalized spacial score (nSPS) is 16.9. The number of carbonyl (C=O) groups is 1. The van der Waals surface area contributed by atoms with Gasteiger partial charge in [-0.3, -0.25) is 4.90 Å². The van der Waals surface area contributed by atoms with Crippen LogP contribution < -0.4 is 10.1 Å². The van der Waals surface area contributed by atoms with E-state index in [9.17, 15) is 9.18 Å². The van der Waals surface area contributed by atoms with Crippen LogP contribution in [0.2, 0.25) is 0 Å². The molecule has 184 valence electrons. The molecule has 2 aliphatic rings. The number of amides is 2. The number of benzene rings is 1. The van der Waals surface area contributed by atoms with E-state index in [1.54, 1.807) is 19.4 Å². The zero-order valence-electron chi connectivity index (χ0n) is 19.8. The first-order valence-electron chi connectivity index (χ1n) is 12.0. The summed E-state index contributed by atoms with van der Waals surface area (Å²) in [5.74, 6) is 0.286. The average molecular weight is 480 g/mol. The van der Waals surface area contributed by atoms with Gasteiger partial charge < -0.3 is 24.7 Å². The minimum absolute atomic E-state index is 0.0349. The van der Waals surface area contributed by atoms with E-state index < -0.39 is 0 Å². The van der Waals surface area contributed by atoms with Gasteiger partial charge in [-0.15, -0.1) is 0 Å². The molecule has 5 rings (SSSR count). The molecule has 1 saturated heterocycles. The lowest BCUT2D eigenvalue weighted by atomic mass is 10.0. The van der Waals surface area contributed by atoms with E-state index in [4.69, 9.17) is 9.47 Å². The highest BCUT2D eigenvalue weighted by Crippen LogP contribution is 2.36. The maximum Gasteiger partial charge on any atom is 0.317 e. The van der Waals surface area contributed by atoms with Crippen molar-refractivity contribution in [3.05, 3.63) is 54.1 Å². The molecule has 8 nitrogen and oxygen atoms in total. The van der Waals surface area contributed by atoms with Crippen LogP contribution >= 0.6 is 0 Å². The van der Waals surface area contributed by atoms with Gasteiger partial charge in [0.05, 0.1) is 20.3 Å². The fourth-order valence-electron chi connectivity index (χ4n) is 4.68. The van der Waals surface area contributed by atoms with Crippen LogP contribution in [0.1, 0.15) is 12.1 Å². The summed E-state index contributed by atoms with van der Waals surface area (Å²) in [4.78, 5) is 24.6. The van der Waals surface area contributed by atoms with Crippen LogP contribution in [0.15, 0.2) is 42.6 Å². The van der Waals surface area contributed by atoms with E-state index in [1.165, 1.54) is 12.1 Å². The van der Waals surface area contributed by atoms with Crippen molar-refractivity contribution in [3.63, 3.8) is 0 Å². The lowest BCUT2D eigenvalue weighted by Gasteiger charge is -2.29. The Morgan fingerprint density at radius 2 is 2.06 bits per heavy atom. The molecule has 4 heterocycles. The van der Waals surface area contributed by atoms with E-state index >= 15 is 0 Å². The first kappa shape index (κ1) is 23.3. The minimum atomic E-state index is -0.320. The third-order valence-electron chi connectivity index (χ3n) is 6.63. The molecule has 3 aromatic rings. The quantitative estimate of drug-likeness (QED) is 0.566. The van der Waals surface area contributed by atoms with Crippen LogP contribution in [0.5, 0.6) is 5.75 Å². The number of H-pyrrole nitrogens is 1. The topological polar surface area (TPSA) is 82.7 Å². The second-order valence-corrected chi connectivity index (χ2v) is 8.76. The van der Waals surface area contributed by atoms with Crippen molar-refractivity contribution >= 4 is 22.6 Å². The van der Waals surface area contributed by atoms with Crippen LogP contribution in [0.4, 0.5) is 9.18 Å². The number of fused-ring (bicyclic) bond motifs is 1. The number of aromatic amines is 1. The Morgan fingerprint density at radius 3 is 2.83 bits per heavy atom. The van der Waals surface area contributed by atoms with Gasteiger partial charge >= 0.3 is 6.03 Å². The third-order valence-corrected chi connectivity index (χ3v) is 6.63. The molecule has 2 amide bonds. The van der Waals surface area contributed by atoms with Gasteiger partial charge in [-0.05, 0) is 47.9 Å². The predicted octanol–water partition coefficient (Wildman–Crippen LogP) is 3.51. The molecule has 0 aliphatic carbocycles. The minimum Gasteiger partial charge on any atom is -0.496 e. The largest absolute Gasteiger partial charge is 0.496 e. The number of hydrogen-bond acceptors (Lipinski definition) is 5. The van der Waals surface area contributed by atoms with Crippen LogP contribution in [-0.4, -0.2) is 85.4 Å². The van der Waals surface area contributed by atoms with Crippen molar-refractivity contribution < 1.29 is 18.7 Å². The Labute approximate surface area is 203 Å². The highest BCUT2D eigenvalue weighted by molar-refractivity contribution is 5.96. The van der Waals surface area contributed by atoms with Crippen molar-refractivity contribution in [2.75, 3.05) is 59.6 Å². The third kappa shape index (κ3) is 5.16. The zero-order valence-corrected chi connectivity index (χ0v) is 19.8. The van der Waals surface area contributed by atoms with E-state index in [2.05, 4.69) is 26.3 Å². The van der Waals surface area contributed by atoms with Gasteiger partial charge in [0.2, 0.25) is 0 Å². The summed E-state index contributed by atoms with van der Waals surface area (Å²) in [7, 11) is 1.58. The molecule has 2 aliphatic heterocycles. The Balaban J connectivity index is 1.27. The number of hydrogen-bond donors (Lipinski definition) is 2. The second kappa shape index (κ2) is 10.5. The van der Waals surface area contributed by atoms with Gasteiger partial charge in [0.1, 0.15) is 17.2 Å². The van der Waals surface area contributed by atoms with Gasteiger partial charge in [0, 0.05) is 62.1 Å². The number of carbonyl (C=O) groups excluding carboxylic acids is 1. The molecule has 2 aromatic heterocycles. The molecule has 0 bridgehead atoms. The van der Waals surface area contributed by atoms with Crippen molar-refractivity contribution in [2.45, 2.75) is 6.42 Å². The number of morpholine rings is 1. The first-order valence-corrected chi connectivity index (χ1v) is 12.0. The van der Waals surface area contributed by atoms with Crippen molar-refractivity contribution in [2.24, 2.45) is 0 Å². The molecule has 0 spiro atoms. The van der Waals surface area contributed by atoms with E-state index in [0.717, 1.165) is 67.1 Å². The molecular weight excluding hydrogens is 449 g/mol. The fourth-order valence-corrected chi connectivity index (χ4v) is 4.68. The number of pyridine rings is 1. The maximum atomic E-state index is 14.0. The van der Waals surface area contributed by atoms with Gasteiger partial charge in [0.15, 0.2) is 0 Å². The van der Waals surface area contributed by atoms with Crippen molar-refractivity contribution in [1.82, 2.24) is 25.1 Å². The maximum absolute atomic E-state index is 14.0. The van der Waals surface area contributed by atoms with Gasteiger partial charge in [-0.1, -0.05) is 6.08 Å². The summed E-state index contributed by atoms with van der Waals surface area (Å²) in [5.41, 5.74) is 4.36. The number of halogens is 1. The summed E-state index contributed by atoms with van der Waals surface area (Å²) < 4.78 is 24.8. The number of rotatable bonds is 6. The SMILES string of the molecule is COc1ccc(F)cc1-c1ccnc2[nH]c(C3=CCN(C(=O)NCCN4CCOCC4)CC3)cc12. The number of urea groups is 1. The van der Waals surface area contributed by atoms with Gasteiger partial charge in [-0.25, -0.2) is 14.2 Å². The van der Waals surface area contributed by atoms with Crippen LogP contribution in [0.25, 0.3) is 27.7 Å². The summed E-state index contributed by atoms with van der Waals surface area (Å²) >= 11 is 0. The smallest absolute Gasteiger partial charge is 0.317 e. The summed E-state index contributed by atoms with van der Waals surface area (Å²) in [5, 5.41) is 3.93. The fraction of sp³-hybridized carbons (Fsp3) is 0.385. The zero-order chi connectivity index (χ0) is 24.2. The molecule has 0 radical (unpaired) electrons. The molecule has 1 aromatic carbocycles. The molecule has 9 heteroatoms. The molecule has 1 fully saturated rings. The molecule has 0 unspecified atom stereocenters. The van der Waals surface area contributed by atoms with E-state index in [0.29, 0.717) is 30.9 Å². The number of nitrogens with zero attached hydrogens (tertiary/aromatic N) is 3. The number of nitrogens with one attached hydrogen (secondary N) is 2. The highest BCUT2D eigenvalue weighted by Gasteiger charge is 2.20. The highest BCUT2D eigenvalue weighted by atomic mass is 19.1. The average Bonchev–Trinajstić information content (AvgIpc) is 3.34. The summed E-state index contributed by atoms with van der Waals surface area (Å²) in [6.45, 7) is 6.00. The molecule has 0 atom stereocenters. The number of aromatic nitrogens is 2. The molecule has 35 heavy (non-hydrogen) atoms.